The maximum atomic E-state index is 12.0. The molecule has 1 rings (SSSR count). The van der Waals surface area contributed by atoms with E-state index in [1.54, 1.807) is 21.0 Å². The van der Waals surface area contributed by atoms with Crippen LogP contribution in [0, 0.1) is 6.92 Å². The fraction of sp³-hybridized carbons (Fsp3) is 0.455. The Morgan fingerprint density at radius 3 is 2.43 bits per heavy atom. The van der Waals surface area contributed by atoms with Gasteiger partial charge >= 0.3 is 12.0 Å². The van der Waals surface area contributed by atoms with Crippen LogP contribution in [0.5, 0.6) is 0 Å². The van der Waals surface area contributed by atoms with Crippen LogP contribution in [0.2, 0.25) is 0 Å². The number of sulfonamides is 1. The first-order valence-electron chi connectivity index (χ1n) is 5.93. The van der Waals surface area contributed by atoms with Gasteiger partial charge in [-0.05, 0) is 13.0 Å². The van der Waals surface area contributed by atoms with Crippen molar-refractivity contribution in [1.29, 1.82) is 0 Å². The van der Waals surface area contributed by atoms with Crippen LogP contribution in [0.4, 0.5) is 4.79 Å². The third-order valence-electron chi connectivity index (χ3n) is 2.47. The molecular formula is C11H17N3O5S2. The highest BCUT2D eigenvalue weighted by molar-refractivity contribution is 7.89. The first-order chi connectivity index (χ1) is 9.65. The van der Waals surface area contributed by atoms with Crippen molar-refractivity contribution >= 4 is 33.4 Å². The second-order valence-corrected chi connectivity index (χ2v) is 7.35. The summed E-state index contributed by atoms with van der Waals surface area (Å²) >= 11 is 0.902. The molecular weight excluding hydrogens is 318 g/mol. The summed E-state index contributed by atoms with van der Waals surface area (Å²) in [5, 5.41) is 11.4. The van der Waals surface area contributed by atoms with E-state index in [0.29, 0.717) is 4.88 Å². The molecule has 0 aromatic carbocycles. The van der Waals surface area contributed by atoms with Gasteiger partial charge in [-0.25, -0.2) is 22.7 Å². The minimum absolute atomic E-state index is 0.0135. The number of aryl methyl sites for hydroxylation is 1. The monoisotopic (exact) mass is 335 g/mol. The highest BCUT2D eigenvalue weighted by Gasteiger charge is 2.21. The van der Waals surface area contributed by atoms with Crippen LogP contribution in [0.1, 0.15) is 14.5 Å². The van der Waals surface area contributed by atoms with Crippen LogP contribution in [0.3, 0.4) is 0 Å². The summed E-state index contributed by atoms with van der Waals surface area (Å²) in [5.41, 5.74) is 0. The van der Waals surface area contributed by atoms with Crippen molar-refractivity contribution in [3.63, 3.8) is 0 Å². The Balaban J connectivity index is 2.66. The summed E-state index contributed by atoms with van der Waals surface area (Å²) in [6.45, 7) is 1.68. The molecule has 0 unspecified atom stereocenters. The van der Waals surface area contributed by atoms with Gasteiger partial charge in [-0.15, -0.1) is 11.3 Å². The average molecular weight is 335 g/mol. The number of carbonyl (C=O) groups excluding carboxylic acids is 1. The quantitative estimate of drug-likeness (QED) is 0.647. The van der Waals surface area contributed by atoms with Crippen molar-refractivity contribution in [3.05, 3.63) is 15.8 Å². The summed E-state index contributed by atoms with van der Waals surface area (Å²) in [6.07, 6.45) is 0. The lowest BCUT2D eigenvalue weighted by atomic mass is 10.4. The molecule has 0 saturated heterocycles. The zero-order chi connectivity index (χ0) is 16.2. The Bertz CT molecular complexity index is 636. The molecule has 0 spiro atoms. The van der Waals surface area contributed by atoms with E-state index in [4.69, 9.17) is 5.11 Å². The fourth-order valence-corrected chi connectivity index (χ4v) is 3.89. The molecule has 10 heteroatoms. The SMILES string of the molecule is Cc1sc(C(=O)O)cc1S(=O)(=O)NCCNC(=O)N(C)C. The molecule has 118 valence electrons. The van der Waals surface area contributed by atoms with E-state index in [-0.39, 0.29) is 28.9 Å². The van der Waals surface area contributed by atoms with Crippen LogP contribution >= 0.6 is 11.3 Å². The van der Waals surface area contributed by atoms with E-state index >= 15 is 0 Å². The molecule has 0 aliphatic carbocycles. The van der Waals surface area contributed by atoms with Crippen molar-refractivity contribution in [3.8, 4) is 0 Å². The van der Waals surface area contributed by atoms with E-state index < -0.39 is 16.0 Å². The fourth-order valence-electron chi connectivity index (χ4n) is 1.43. The van der Waals surface area contributed by atoms with Crippen molar-refractivity contribution in [2.75, 3.05) is 27.2 Å². The van der Waals surface area contributed by atoms with Crippen molar-refractivity contribution in [1.82, 2.24) is 14.9 Å². The smallest absolute Gasteiger partial charge is 0.345 e. The van der Waals surface area contributed by atoms with E-state index in [1.165, 1.54) is 4.90 Å². The first-order valence-corrected chi connectivity index (χ1v) is 8.23. The summed E-state index contributed by atoms with van der Waals surface area (Å²) in [4.78, 5) is 23.7. The van der Waals surface area contributed by atoms with Gasteiger partial charge in [0, 0.05) is 32.1 Å². The van der Waals surface area contributed by atoms with Crippen molar-refractivity contribution in [2.45, 2.75) is 11.8 Å². The van der Waals surface area contributed by atoms with Crippen LogP contribution < -0.4 is 10.0 Å². The first kappa shape index (κ1) is 17.4. The summed E-state index contributed by atoms with van der Waals surface area (Å²) < 4.78 is 26.4. The van der Waals surface area contributed by atoms with Gasteiger partial charge in [0.15, 0.2) is 0 Å². The highest BCUT2D eigenvalue weighted by atomic mass is 32.2. The number of urea groups is 1. The standard InChI is InChI=1S/C11H17N3O5S2/c1-7-9(6-8(20-7)10(15)16)21(18,19)13-5-4-12-11(17)14(2)3/h6,13H,4-5H2,1-3H3,(H,12,17)(H,15,16). The largest absolute Gasteiger partial charge is 0.477 e. The summed E-state index contributed by atoms with van der Waals surface area (Å²) in [6, 6.07) is 0.803. The highest BCUT2D eigenvalue weighted by Crippen LogP contribution is 2.25. The number of carboxylic acid groups (broad SMARTS) is 1. The molecule has 0 fully saturated rings. The van der Waals surface area contributed by atoms with Gasteiger partial charge in [-0.1, -0.05) is 0 Å². The minimum atomic E-state index is -3.79. The number of hydrogen-bond acceptors (Lipinski definition) is 5. The Morgan fingerprint density at radius 2 is 1.95 bits per heavy atom. The topological polar surface area (TPSA) is 116 Å². The minimum Gasteiger partial charge on any atom is -0.477 e. The van der Waals surface area contributed by atoms with Gasteiger partial charge in [0.25, 0.3) is 0 Å². The lowest BCUT2D eigenvalue weighted by molar-refractivity contribution is 0.0702. The maximum absolute atomic E-state index is 12.0. The number of nitrogens with zero attached hydrogens (tertiary/aromatic N) is 1. The van der Waals surface area contributed by atoms with Crippen molar-refractivity contribution < 1.29 is 23.1 Å². The molecule has 1 aromatic heterocycles. The number of rotatable bonds is 6. The Kier molecular flexibility index (Phi) is 5.70. The number of carboxylic acids is 1. The molecule has 0 aliphatic rings. The normalized spacial score (nSPS) is 11.2. The number of aromatic carboxylic acids is 1. The molecule has 3 N–H and O–H groups in total. The van der Waals surface area contributed by atoms with Crippen molar-refractivity contribution in [2.24, 2.45) is 0 Å². The van der Waals surface area contributed by atoms with E-state index in [0.717, 1.165) is 17.4 Å². The molecule has 1 heterocycles. The third-order valence-corrected chi connectivity index (χ3v) is 5.23. The maximum Gasteiger partial charge on any atom is 0.345 e. The number of carbonyl (C=O) groups is 2. The van der Waals surface area contributed by atoms with E-state index in [1.807, 2.05) is 0 Å². The Hall–Kier alpha value is -1.65. The van der Waals surface area contributed by atoms with Crippen LogP contribution in [0.15, 0.2) is 11.0 Å². The second-order valence-electron chi connectivity index (χ2n) is 4.36. The van der Waals surface area contributed by atoms with E-state index in [9.17, 15) is 18.0 Å². The molecule has 0 aliphatic heterocycles. The molecule has 0 bridgehead atoms. The molecule has 21 heavy (non-hydrogen) atoms. The van der Waals surface area contributed by atoms with Crippen LogP contribution in [0.25, 0.3) is 0 Å². The Labute approximate surface area is 126 Å². The number of hydrogen-bond donors (Lipinski definition) is 3. The van der Waals surface area contributed by atoms with Gasteiger partial charge in [0.1, 0.15) is 4.88 Å². The van der Waals surface area contributed by atoms with Gasteiger partial charge in [0.2, 0.25) is 10.0 Å². The summed E-state index contributed by atoms with van der Waals surface area (Å²) in [5.74, 6) is -1.16. The molecule has 8 nitrogen and oxygen atoms in total. The zero-order valence-corrected chi connectivity index (χ0v) is 13.5. The lowest BCUT2D eigenvalue weighted by Gasteiger charge is -2.12. The molecule has 0 radical (unpaired) electrons. The number of thiophene rings is 1. The molecule has 0 saturated carbocycles. The number of amides is 2. The predicted octanol–water partition coefficient (Wildman–Crippen LogP) is 0.304. The summed E-state index contributed by atoms with van der Waals surface area (Å²) in [7, 11) is -0.647. The lowest BCUT2D eigenvalue weighted by Crippen LogP contribution is -2.39. The van der Waals surface area contributed by atoms with Crippen LogP contribution in [-0.4, -0.2) is 57.6 Å². The molecule has 2 amide bonds. The van der Waals surface area contributed by atoms with Gasteiger partial charge in [-0.3, -0.25) is 0 Å². The predicted molar refractivity (Wildman–Crippen MR) is 78.3 cm³/mol. The molecule has 0 atom stereocenters. The van der Waals surface area contributed by atoms with Crippen LogP contribution in [-0.2, 0) is 10.0 Å². The van der Waals surface area contributed by atoms with Gasteiger partial charge < -0.3 is 15.3 Å². The zero-order valence-electron chi connectivity index (χ0n) is 11.8. The number of nitrogens with one attached hydrogen (secondary N) is 2. The third kappa shape index (κ3) is 4.69. The van der Waals surface area contributed by atoms with E-state index in [2.05, 4.69) is 10.0 Å². The van der Waals surface area contributed by atoms with Gasteiger partial charge in [0.05, 0.1) is 4.90 Å². The molecule has 1 aromatic rings. The average Bonchev–Trinajstić information content (AvgIpc) is 2.77. The Morgan fingerprint density at radius 1 is 1.33 bits per heavy atom. The second kappa shape index (κ2) is 6.87. The van der Waals surface area contributed by atoms with Gasteiger partial charge in [-0.2, -0.15) is 0 Å².